The molecule has 1 aromatic carbocycles. The number of urea groups is 1. The van der Waals surface area contributed by atoms with Crippen molar-refractivity contribution in [3.63, 3.8) is 0 Å². The van der Waals surface area contributed by atoms with Crippen LogP contribution in [-0.4, -0.2) is 21.9 Å². The van der Waals surface area contributed by atoms with Crippen LogP contribution in [0.4, 0.5) is 9.93 Å². The van der Waals surface area contributed by atoms with Crippen molar-refractivity contribution in [3.8, 4) is 0 Å². The molecule has 19 heavy (non-hydrogen) atoms. The van der Waals surface area contributed by atoms with Crippen LogP contribution < -0.4 is 10.6 Å². The van der Waals surface area contributed by atoms with Crippen LogP contribution in [0.1, 0.15) is 17.8 Å². The summed E-state index contributed by atoms with van der Waals surface area (Å²) < 4.78 is 3.99. The fraction of sp³-hybridized carbons (Fsp3) is 0.308. The van der Waals surface area contributed by atoms with E-state index in [2.05, 4.69) is 32.1 Å². The van der Waals surface area contributed by atoms with Gasteiger partial charge in [0.2, 0.25) is 5.13 Å². The van der Waals surface area contributed by atoms with Gasteiger partial charge in [-0.2, -0.15) is 4.37 Å². The van der Waals surface area contributed by atoms with Gasteiger partial charge >= 0.3 is 6.03 Å². The molecule has 2 aromatic rings. The Hall–Kier alpha value is -1.95. The third-order valence-corrected chi connectivity index (χ3v) is 3.24. The van der Waals surface area contributed by atoms with Crippen molar-refractivity contribution in [2.45, 2.75) is 19.8 Å². The zero-order valence-corrected chi connectivity index (χ0v) is 11.5. The largest absolute Gasteiger partial charge is 0.338 e. The van der Waals surface area contributed by atoms with E-state index in [4.69, 9.17) is 0 Å². The van der Waals surface area contributed by atoms with Crippen LogP contribution >= 0.6 is 11.5 Å². The van der Waals surface area contributed by atoms with Gasteiger partial charge in [0.25, 0.3) is 0 Å². The number of aromatic nitrogens is 2. The third kappa shape index (κ3) is 4.67. The smallest absolute Gasteiger partial charge is 0.321 e. The fourth-order valence-electron chi connectivity index (χ4n) is 1.63. The van der Waals surface area contributed by atoms with Gasteiger partial charge < -0.3 is 5.32 Å². The highest BCUT2D eigenvalue weighted by Gasteiger charge is 2.04. The maximum Gasteiger partial charge on any atom is 0.321 e. The summed E-state index contributed by atoms with van der Waals surface area (Å²) in [4.78, 5) is 15.6. The number of nitrogens with zero attached hydrogens (tertiary/aromatic N) is 2. The average molecular weight is 276 g/mol. The zero-order valence-electron chi connectivity index (χ0n) is 10.7. The molecule has 0 aliphatic rings. The Morgan fingerprint density at radius 1 is 1.32 bits per heavy atom. The molecule has 2 N–H and O–H groups in total. The van der Waals surface area contributed by atoms with Crippen molar-refractivity contribution < 1.29 is 4.79 Å². The maximum absolute atomic E-state index is 11.5. The quantitative estimate of drug-likeness (QED) is 0.825. The highest BCUT2D eigenvalue weighted by atomic mass is 32.1. The van der Waals surface area contributed by atoms with E-state index in [1.807, 2.05) is 18.2 Å². The molecule has 100 valence electrons. The number of rotatable bonds is 5. The highest BCUT2D eigenvalue weighted by molar-refractivity contribution is 7.09. The molecule has 0 aliphatic heterocycles. The molecule has 1 aromatic heterocycles. The molecule has 2 rings (SSSR count). The maximum atomic E-state index is 11.5. The Morgan fingerprint density at radius 2 is 2.11 bits per heavy atom. The molecule has 0 bridgehead atoms. The zero-order chi connectivity index (χ0) is 13.5. The Kier molecular flexibility index (Phi) is 4.85. The molecule has 0 atom stereocenters. The second kappa shape index (κ2) is 6.84. The molecule has 0 unspecified atom stereocenters. The van der Waals surface area contributed by atoms with Gasteiger partial charge in [0.15, 0.2) is 0 Å². The van der Waals surface area contributed by atoms with Gasteiger partial charge in [-0.25, -0.2) is 9.78 Å². The number of nitrogens with one attached hydrogen (secondary N) is 2. The predicted molar refractivity (Wildman–Crippen MR) is 76.4 cm³/mol. The first-order chi connectivity index (χ1) is 9.24. The van der Waals surface area contributed by atoms with E-state index in [0.29, 0.717) is 17.5 Å². The number of anilines is 1. The van der Waals surface area contributed by atoms with E-state index >= 15 is 0 Å². The van der Waals surface area contributed by atoms with Gasteiger partial charge in [-0.3, -0.25) is 5.32 Å². The molecule has 0 saturated heterocycles. The summed E-state index contributed by atoms with van der Waals surface area (Å²) in [5, 5.41) is 5.98. The molecule has 0 saturated carbocycles. The summed E-state index contributed by atoms with van der Waals surface area (Å²) in [5.41, 5.74) is 1.28. The number of hydrogen-bond donors (Lipinski definition) is 2. The number of carbonyl (C=O) groups excluding carboxylic acids is 1. The number of hydrogen-bond acceptors (Lipinski definition) is 4. The standard InChI is InChI=1S/C13H16N4OS/c1-10-15-13(19-17-10)16-12(18)14-9-5-8-11-6-3-2-4-7-11/h2-4,6-7H,5,8-9H2,1H3,(H2,14,15,16,17,18). The molecule has 0 fully saturated rings. The van der Waals surface area contributed by atoms with Crippen molar-refractivity contribution in [3.05, 3.63) is 41.7 Å². The molecule has 6 heteroatoms. The predicted octanol–water partition coefficient (Wildman–Crippen LogP) is 2.60. The molecule has 1 heterocycles. The summed E-state index contributed by atoms with van der Waals surface area (Å²) in [5.74, 6) is 0.671. The van der Waals surface area contributed by atoms with Gasteiger partial charge in [0.1, 0.15) is 5.82 Å². The Labute approximate surface area is 116 Å². The van der Waals surface area contributed by atoms with Gasteiger partial charge in [-0.1, -0.05) is 30.3 Å². The topological polar surface area (TPSA) is 66.9 Å². The van der Waals surface area contributed by atoms with E-state index in [1.54, 1.807) is 6.92 Å². The van der Waals surface area contributed by atoms with Crippen molar-refractivity contribution >= 4 is 22.7 Å². The van der Waals surface area contributed by atoms with Crippen LogP contribution in [0.3, 0.4) is 0 Å². The van der Waals surface area contributed by atoms with Gasteiger partial charge in [-0.15, -0.1) is 0 Å². The normalized spacial score (nSPS) is 10.2. The van der Waals surface area contributed by atoms with E-state index in [0.717, 1.165) is 12.8 Å². The van der Waals surface area contributed by atoms with E-state index in [-0.39, 0.29) is 6.03 Å². The molecule has 2 amide bonds. The number of aryl methyl sites for hydroxylation is 2. The van der Waals surface area contributed by atoms with E-state index in [9.17, 15) is 4.79 Å². The van der Waals surface area contributed by atoms with Crippen molar-refractivity contribution in [2.75, 3.05) is 11.9 Å². The fourth-order valence-corrected chi connectivity index (χ4v) is 2.20. The second-order valence-corrected chi connectivity index (χ2v) is 4.87. The van der Waals surface area contributed by atoms with Crippen LogP contribution in [0.15, 0.2) is 30.3 Å². The number of benzene rings is 1. The van der Waals surface area contributed by atoms with Crippen LogP contribution in [0, 0.1) is 6.92 Å². The molecule has 0 aliphatic carbocycles. The molecule has 0 spiro atoms. The van der Waals surface area contributed by atoms with Crippen LogP contribution in [0.2, 0.25) is 0 Å². The Morgan fingerprint density at radius 3 is 2.79 bits per heavy atom. The minimum absolute atomic E-state index is 0.232. The summed E-state index contributed by atoms with van der Waals surface area (Å²) >= 11 is 1.18. The lowest BCUT2D eigenvalue weighted by Crippen LogP contribution is -2.29. The summed E-state index contributed by atoms with van der Waals surface area (Å²) in [6, 6.07) is 9.98. The van der Waals surface area contributed by atoms with Gasteiger partial charge in [0.05, 0.1) is 0 Å². The monoisotopic (exact) mass is 276 g/mol. The highest BCUT2D eigenvalue weighted by Crippen LogP contribution is 2.09. The number of amides is 2. The summed E-state index contributed by atoms with van der Waals surface area (Å²) in [6.45, 7) is 2.43. The molecular weight excluding hydrogens is 260 g/mol. The van der Waals surface area contributed by atoms with E-state index < -0.39 is 0 Å². The minimum atomic E-state index is -0.232. The SMILES string of the molecule is Cc1nsc(NC(=O)NCCCc2ccccc2)n1. The average Bonchev–Trinajstić information content (AvgIpc) is 2.81. The van der Waals surface area contributed by atoms with Crippen molar-refractivity contribution in [1.29, 1.82) is 0 Å². The third-order valence-electron chi connectivity index (χ3n) is 2.52. The lowest BCUT2D eigenvalue weighted by atomic mass is 10.1. The molecular formula is C13H16N4OS. The molecule has 0 radical (unpaired) electrons. The summed E-state index contributed by atoms with van der Waals surface area (Å²) in [7, 11) is 0. The Balaban J connectivity index is 1.64. The molecule has 5 nitrogen and oxygen atoms in total. The number of carbonyl (C=O) groups is 1. The Bertz CT molecular complexity index is 526. The first-order valence-corrected chi connectivity index (χ1v) is 6.90. The minimum Gasteiger partial charge on any atom is -0.338 e. The van der Waals surface area contributed by atoms with Crippen LogP contribution in [0.25, 0.3) is 0 Å². The first kappa shape index (κ1) is 13.5. The van der Waals surface area contributed by atoms with Gasteiger partial charge in [-0.05, 0) is 25.3 Å². The second-order valence-electron chi connectivity index (χ2n) is 4.12. The van der Waals surface area contributed by atoms with Crippen molar-refractivity contribution in [2.24, 2.45) is 0 Å². The lowest BCUT2D eigenvalue weighted by molar-refractivity contribution is 0.252. The van der Waals surface area contributed by atoms with Crippen LogP contribution in [-0.2, 0) is 6.42 Å². The van der Waals surface area contributed by atoms with Gasteiger partial charge in [0, 0.05) is 18.1 Å². The lowest BCUT2D eigenvalue weighted by Gasteiger charge is -2.05. The van der Waals surface area contributed by atoms with Crippen LogP contribution in [0.5, 0.6) is 0 Å². The van der Waals surface area contributed by atoms with Crippen molar-refractivity contribution in [1.82, 2.24) is 14.7 Å². The first-order valence-electron chi connectivity index (χ1n) is 6.13. The summed E-state index contributed by atoms with van der Waals surface area (Å²) in [6.07, 6.45) is 1.87. The van der Waals surface area contributed by atoms with E-state index in [1.165, 1.54) is 17.1 Å².